The molecule has 1 unspecified atom stereocenters. The molecular weight excluding hydrogens is 364 g/mol. The molecule has 1 saturated carbocycles. The third-order valence-corrected chi connectivity index (χ3v) is 5.69. The van der Waals surface area contributed by atoms with Gasteiger partial charge in [0.15, 0.2) is 5.78 Å². The summed E-state index contributed by atoms with van der Waals surface area (Å²) in [5.41, 5.74) is 2.40. The monoisotopic (exact) mass is 392 g/mol. The molecule has 5 nitrogen and oxygen atoms in total. The van der Waals surface area contributed by atoms with E-state index in [0.29, 0.717) is 36.9 Å². The minimum atomic E-state index is -0.0851. The SMILES string of the molecule is CC(=O)c1ccc(NC(=O)C2CCC(C(=O)NC(C)c3ccccc3)CC2)cc1. The molecule has 2 aromatic rings. The van der Waals surface area contributed by atoms with Gasteiger partial charge < -0.3 is 10.6 Å². The summed E-state index contributed by atoms with van der Waals surface area (Å²) in [6.07, 6.45) is 2.84. The van der Waals surface area contributed by atoms with Crippen LogP contribution in [0, 0.1) is 11.8 Å². The van der Waals surface area contributed by atoms with Crippen LogP contribution in [0.1, 0.15) is 61.5 Å². The first-order valence-electron chi connectivity index (χ1n) is 10.2. The molecule has 152 valence electrons. The van der Waals surface area contributed by atoms with Crippen LogP contribution in [0.25, 0.3) is 0 Å². The summed E-state index contributed by atoms with van der Waals surface area (Å²) >= 11 is 0. The molecule has 1 fully saturated rings. The number of benzene rings is 2. The highest BCUT2D eigenvalue weighted by Crippen LogP contribution is 2.30. The number of anilines is 1. The van der Waals surface area contributed by atoms with Crippen molar-refractivity contribution in [2.75, 3.05) is 5.32 Å². The number of ketones is 1. The minimum Gasteiger partial charge on any atom is -0.349 e. The molecule has 1 atom stereocenters. The van der Waals surface area contributed by atoms with E-state index >= 15 is 0 Å². The summed E-state index contributed by atoms with van der Waals surface area (Å²) in [6.45, 7) is 3.51. The van der Waals surface area contributed by atoms with Crippen molar-refractivity contribution in [3.63, 3.8) is 0 Å². The average molecular weight is 392 g/mol. The molecular formula is C24H28N2O3. The van der Waals surface area contributed by atoms with E-state index in [1.54, 1.807) is 24.3 Å². The van der Waals surface area contributed by atoms with Gasteiger partial charge in [-0.15, -0.1) is 0 Å². The third-order valence-electron chi connectivity index (χ3n) is 5.69. The lowest BCUT2D eigenvalue weighted by atomic mass is 9.81. The van der Waals surface area contributed by atoms with Gasteiger partial charge in [-0.25, -0.2) is 0 Å². The lowest BCUT2D eigenvalue weighted by Crippen LogP contribution is -2.36. The molecule has 2 N–H and O–H groups in total. The lowest BCUT2D eigenvalue weighted by Gasteiger charge is -2.28. The van der Waals surface area contributed by atoms with E-state index < -0.39 is 0 Å². The fraction of sp³-hybridized carbons (Fsp3) is 0.375. The van der Waals surface area contributed by atoms with Gasteiger partial charge in [0.1, 0.15) is 0 Å². The Morgan fingerprint density at radius 1 is 0.828 bits per heavy atom. The van der Waals surface area contributed by atoms with Gasteiger partial charge in [0.05, 0.1) is 6.04 Å². The molecule has 0 spiro atoms. The number of rotatable bonds is 6. The molecule has 1 aliphatic carbocycles. The first kappa shape index (κ1) is 20.8. The molecule has 29 heavy (non-hydrogen) atoms. The Labute approximate surface area is 171 Å². The Balaban J connectivity index is 1.47. The molecule has 0 heterocycles. The van der Waals surface area contributed by atoms with Gasteiger partial charge in [-0.2, -0.15) is 0 Å². The maximum atomic E-state index is 12.6. The number of Topliss-reactive ketones (excluding diaryl/α,β-unsaturated/α-hetero) is 1. The molecule has 1 aliphatic rings. The Kier molecular flexibility index (Phi) is 6.81. The highest BCUT2D eigenvalue weighted by molar-refractivity contribution is 5.96. The van der Waals surface area contributed by atoms with Gasteiger partial charge in [-0.05, 0) is 69.4 Å². The second-order valence-electron chi connectivity index (χ2n) is 7.81. The fourth-order valence-electron chi connectivity index (χ4n) is 3.81. The van der Waals surface area contributed by atoms with Crippen molar-refractivity contribution >= 4 is 23.3 Å². The number of carbonyl (C=O) groups is 3. The number of nitrogens with one attached hydrogen (secondary N) is 2. The molecule has 0 aromatic heterocycles. The summed E-state index contributed by atoms with van der Waals surface area (Å²) in [4.78, 5) is 36.5. The lowest BCUT2D eigenvalue weighted by molar-refractivity contribution is -0.129. The van der Waals surface area contributed by atoms with Crippen LogP contribution >= 0.6 is 0 Å². The van der Waals surface area contributed by atoms with E-state index in [1.807, 2.05) is 37.3 Å². The fourth-order valence-corrected chi connectivity index (χ4v) is 3.81. The molecule has 0 saturated heterocycles. The highest BCUT2D eigenvalue weighted by Gasteiger charge is 2.30. The van der Waals surface area contributed by atoms with Crippen molar-refractivity contribution in [3.05, 3.63) is 65.7 Å². The van der Waals surface area contributed by atoms with Gasteiger partial charge in [0.25, 0.3) is 0 Å². The molecule has 0 radical (unpaired) electrons. The smallest absolute Gasteiger partial charge is 0.227 e. The number of hydrogen-bond donors (Lipinski definition) is 2. The van der Waals surface area contributed by atoms with Crippen LogP contribution in [0.3, 0.4) is 0 Å². The van der Waals surface area contributed by atoms with Crippen molar-refractivity contribution in [3.8, 4) is 0 Å². The van der Waals surface area contributed by atoms with Gasteiger partial charge in [0, 0.05) is 23.1 Å². The molecule has 3 rings (SSSR count). The molecule has 0 aliphatic heterocycles. The second-order valence-corrected chi connectivity index (χ2v) is 7.81. The van der Waals surface area contributed by atoms with Crippen LogP contribution in [0.15, 0.2) is 54.6 Å². The number of amides is 2. The van der Waals surface area contributed by atoms with Crippen molar-refractivity contribution in [2.24, 2.45) is 11.8 Å². The third kappa shape index (κ3) is 5.53. The van der Waals surface area contributed by atoms with Crippen LogP contribution in [-0.2, 0) is 9.59 Å². The van der Waals surface area contributed by atoms with Crippen LogP contribution in [0.4, 0.5) is 5.69 Å². The van der Waals surface area contributed by atoms with Crippen LogP contribution < -0.4 is 10.6 Å². The standard InChI is InChI=1S/C24H28N2O3/c1-16(18-6-4-3-5-7-18)25-23(28)20-8-10-21(11-9-20)24(29)26-22-14-12-19(13-15-22)17(2)27/h3-7,12-16,20-21H,8-11H2,1-2H3,(H,25,28)(H,26,29). The largest absolute Gasteiger partial charge is 0.349 e. The zero-order valence-electron chi connectivity index (χ0n) is 17.0. The minimum absolute atomic E-state index is 0.000980. The molecule has 5 heteroatoms. The van der Waals surface area contributed by atoms with E-state index in [2.05, 4.69) is 10.6 Å². The van der Waals surface area contributed by atoms with Crippen molar-refractivity contribution in [2.45, 2.75) is 45.6 Å². The maximum absolute atomic E-state index is 12.6. The van der Waals surface area contributed by atoms with Gasteiger partial charge in [-0.1, -0.05) is 30.3 Å². The van der Waals surface area contributed by atoms with E-state index in [9.17, 15) is 14.4 Å². The Morgan fingerprint density at radius 3 is 1.93 bits per heavy atom. The molecule has 2 amide bonds. The quantitative estimate of drug-likeness (QED) is 0.710. The Bertz CT molecular complexity index is 853. The normalized spacial score (nSPS) is 19.8. The number of carbonyl (C=O) groups excluding carboxylic acids is 3. The number of hydrogen-bond acceptors (Lipinski definition) is 3. The first-order valence-corrected chi connectivity index (χ1v) is 10.2. The van der Waals surface area contributed by atoms with Crippen LogP contribution in [0.2, 0.25) is 0 Å². The zero-order chi connectivity index (χ0) is 20.8. The summed E-state index contributed by atoms with van der Waals surface area (Å²) in [5, 5.41) is 6.02. The first-order chi connectivity index (χ1) is 13.9. The van der Waals surface area contributed by atoms with Crippen LogP contribution in [0.5, 0.6) is 0 Å². The summed E-state index contributed by atoms with van der Waals surface area (Å²) in [7, 11) is 0. The van der Waals surface area contributed by atoms with Crippen LogP contribution in [-0.4, -0.2) is 17.6 Å². The summed E-state index contributed by atoms with van der Waals surface area (Å²) in [5.74, 6) is -0.0729. The molecule has 2 aromatic carbocycles. The van der Waals surface area contributed by atoms with Crippen molar-refractivity contribution < 1.29 is 14.4 Å². The summed E-state index contributed by atoms with van der Waals surface area (Å²) < 4.78 is 0. The van der Waals surface area contributed by atoms with E-state index in [1.165, 1.54) is 6.92 Å². The van der Waals surface area contributed by atoms with Gasteiger partial charge in [-0.3, -0.25) is 14.4 Å². The predicted molar refractivity (Wildman–Crippen MR) is 114 cm³/mol. The van der Waals surface area contributed by atoms with E-state index in [4.69, 9.17) is 0 Å². The maximum Gasteiger partial charge on any atom is 0.227 e. The average Bonchev–Trinajstić information content (AvgIpc) is 2.74. The van der Waals surface area contributed by atoms with E-state index in [0.717, 1.165) is 5.56 Å². The summed E-state index contributed by atoms with van der Waals surface area (Å²) in [6, 6.07) is 16.8. The van der Waals surface area contributed by atoms with Crippen molar-refractivity contribution in [1.29, 1.82) is 0 Å². The van der Waals surface area contributed by atoms with E-state index in [-0.39, 0.29) is 35.5 Å². The molecule has 0 bridgehead atoms. The van der Waals surface area contributed by atoms with Crippen molar-refractivity contribution in [1.82, 2.24) is 5.32 Å². The Hall–Kier alpha value is -2.95. The zero-order valence-corrected chi connectivity index (χ0v) is 17.0. The van der Waals surface area contributed by atoms with Gasteiger partial charge >= 0.3 is 0 Å². The predicted octanol–water partition coefficient (Wildman–Crippen LogP) is 4.51. The van der Waals surface area contributed by atoms with Gasteiger partial charge in [0.2, 0.25) is 11.8 Å². The second kappa shape index (κ2) is 9.50. The highest BCUT2D eigenvalue weighted by atomic mass is 16.2. The topological polar surface area (TPSA) is 75.3 Å². The Morgan fingerprint density at radius 2 is 1.38 bits per heavy atom.